The van der Waals surface area contributed by atoms with E-state index in [1.54, 1.807) is 7.11 Å². The predicted molar refractivity (Wildman–Crippen MR) is 126 cm³/mol. The van der Waals surface area contributed by atoms with E-state index in [2.05, 4.69) is 5.32 Å². The van der Waals surface area contributed by atoms with Crippen LogP contribution in [0.15, 0.2) is 47.4 Å². The zero-order valence-electron chi connectivity index (χ0n) is 19.1. The lowest BCUT2D eigenvalue weighted by Crippen LogP contribution is -2.42. The Morgan fingerprint density at radius 1 is 1.09 bits per heavy atom. The van der Waals surface area contributed by atoms with Crippen molar-refractivity contribution in [2.24, 2.45) is 0 Å². The molecule has 33 heavy (non-hydrogen) atoms. The Morgan fingerprint density at radius 3 is 2.33 bits per heavy atom. The van der Waals surface area contributed by atoms with E-state index in [4.69, 9.17) is 4.74 Å². The number of sulfonamides is 2. The standard InChI is InChI=1S/C22H29N3O6S2/c1-24(2)33(29,30)19-11-8-17(9-12-19)25(32(4,27)28)15-22(26)23-21-7-5-6-16-14-18(31-3)10-13-20(16)21/h8-14,21H,5-7,15H2,1-4H3,(H,23,26). The molecule has 0 saturated heterocycles. The number of anilines is 1. The molecule has 180 valence electrons. The molecule has 2 aromatic carbocycles. The van der Waals surface area contributed by atoms with E-state index in [9.17, 15) is 21.6 Å². The largest absolute Gasteiger partial charge is 0.497 e. The second kappa shape index (κ2) is 9.70. The second-order valence-corrected chi connectivity index (χ2v) is 12.2. The number of nitrogens with zero attached hydrogens (tertiary/aromatic N) is 2. The first-order valence-corrected chi connectivity index (χ1v) is 13.7. The number of aryl methyl sites for hydroxylation is 1. The highest BCUT2D eigenvalue weighted by atomic mass is 32.2. The topological polar surface area (TPSA) is 113 Å². The molecule has 1 aliphatic rings. The summed E-state index contributed by atoms with van der Waals surface area (Å²) in [6.45, 7) is -0.416. The molecule has 0 radical (unpaired) electrons. The average Bonchev–Trinajstić information content (AvgIpc) is 2.76. The Bertz CT molecular complexity index is 1230. The van der Waals surface area contributed by atoms with Gasteiger partial charge >= 0.3 is 0 Å². The smallest absolute Gasteiger partial charge is 0.242 e. The first-order valence-electron chi connectivity index (χ1n) is 10.4. The number of carbonyl (C=O) groups is 1. The molecule has 1 atom stereocenters. The van der Waals surface area contributed by atoms with Crippen molar-refractivity contribution in [2.75, 3.05) is 38.3 Å². The highest BCUT2D eigenvalue weighted by Gasteiger charge is 2.26. The first-order chi connectivity index (χ1) is 15.4. The van der Waals surface area contributed by atoms with Gasteiger partial charge in [-0.25, -0.2) is 21.1 Å². The molecule has 11 heteroatoms. The molecule has 3 rings (SSSR count). The van der Waals surface area contributed by atoms with Crippen molar-refractivity contribution >= 4 is 31.6 Å². The van der Waals surface area contributed by atoms with E-state index in [0.717, 1.165) is 51.0 Å². The Kier molecular flexibility index (Phi) is 7.35. The van der Waals surface area contributed by atoms with Crippen molar-refractivity contribution < 1.29 is 26.4 Å². The number of hydrogen-bond donors (Lipinski definition) is 1. The Labute approximate surface area is 195 Å². The number of nitrogens with one attached hydrogen (secondary N) is 1. The molecule has 0 heterocycles. The molecule has 1 N–H and O–H groups in total. The molecule has 2 aromatic rings. The lowest BCUT2D eigenvalue weighted by Gasteiger charge is -2.28. The minimum atomic E-state index is -3.79. The number of amides is 1. The second-order valence-electron chi connectivity index (χ2n) is 8.13. The number of fused-ring (bicyclic) bond motifs is 1. The minimum Gasteiger partial charge on any atom is -0.497 e. The molecule has 1 unspecified atom stereocenters. The van der Waals surface area contributed by atoms with Crippen LogP contribution in [0.3, 0.4) is 0 Å². The third-order valence-corrected chi connectivity index (χ3v) is 8.56. The van der Waals surface area contributed by atoms with Gasteiger partial charge in [0.25, 0.3) is 0 Å². The fraction of sp³-hybridized carbons (Fsp3) is 0.409. The molecule has 9 nitrogen and oxygen atoms in total. The van der Waals surface area contributed by atoms with Gasteiger partial charge in [-0.2, -0.15) is 0 Å². The zero-order valence-corrected chi connectivity index (χ0v) is 20.7. The summed E-state index contributed by atoms with van der Waals surface area (Å²) in [6, 6.07) is 10.9. The van der Waals surface area contributed by atoms with Crippen LogP contribution >= 0.6 is 0 Å². The predicted octanol–water partition coefficient (Wildman–Crippen LogP) is 1.91. The van der Waals surface area contributed by atoms with E-state index in [-0.39, 0.29) is 16.6 Å². The molecule has 0 bridgehead atoms. The molecule has 0 spiro atoms. The van der Waals surface area contributed by atoms with Gasteiger partial charge in [0.05, 0.1) is 30.0 Å². The van der Waals surface area contributed by atoms with Gasteiger partial charge in [-0.15, -0.1) is 0 Å². The van der Waals surface area contributed by atoms with Crippen molar-refractivity contribution in [3.63, 3.8) is 0 Å². The van der Waals surface area contributed by atoms with E-state index in [1.165, 1.54) is 38.4 Å². The summed E-state index contributed by atoms with van der Waals surface area (Å²) in [7, 11) is -3.02. The SMILES string of the molecule is COc1ccc2c(c1)CCCC2NC(=O)CN(c1ccc(S(=O)(=O)N(C)C)cc1)S(C)(=O)=O. The van der Waals surface area contributed by atoms with Crippen LogP contribution in [-0.4, -0.2) is 61.1 Å². The van der Waals surface area contributed by atoms with Gasteiger partial charge in [-0.05, 0) is 66.8 Å². The van der Waals surface area contributed by atoms with Crippen molar-refractivity contribution in [1.82, 2.24) is 9.62 Å². The van der Waals surface area contributed by atoms with Crippen LogP contribution in [0.2, 0.25) is 0 Å². The van der Waals surface area contributed by atoms with Crippen molar-refractivity contribution in [2.45, 2.75) is 30.2 Å². The van der Waals surface area contributed by atoms with Gasteiger partial charge in [-0.3, -0.25) is 9.10 Å². The van der Waals surface area contributed by atoms with Gasteiger partial charge in [-0.1, -0.05) is 6.07 Å². The quantitative estimate of drug-likeness (QED) is 0.599. The van der Waals surface area contributed by atoms with Crippen LogP contribution in [0.25, 0.3) is 0 Å². The van der Waals surface area contributed by atoms with Gasteiger partial charge in [0.15, 0.2) is 0 Å². The maximum atomic E-state index is 12.8. The summed E-state index contributed by atoms with van der Waals surface area (Å²) in [5, 5.41) is 2.95. The number of ether oxygens (including phenoxy) is 1. The van der Waals surface area contributed by atoms with Gasteiger partial charge in [0, 0.05) is 14.1 Å². The first kappa shape index (κ1) is 25.0. The molecule has 0 aliphatic heterocycles. The van der Waals surface area contributed by atoms with E-state index in [0.29, 0.717) is 0 Å². The Balaban J connectivity index is 1.79. The summed E-state index contributed by atoms with van der Waals surface area (Å²) >= 11 is 0. The molecule has 0 aromatic heterocycles. The molecule has 0 saturated carbocycles. The van der Waals surface area contributed by atoms with Crippen LogP contribution in [0.5, 0.6) is 5.75 Å². The third kappa shape index (κ3) is 5.66. The van der Waals surface area contributed by atoms with Crippen LogP contribution in [0.4, 0.5) is 5.69 Å². The maximum absolute atomic E-state index is 12.8. The molecule has 0 fully saturated rings. The number of carbonyl (C=O) groups excluding carboxylic acids is 1. The average molecular weight is 496 g/mol. The lowest BCUT2D eigenvalue weighted by molar-refractivity contribution is -0.120. The summed E-state index contributed by atoms with van der Waals surface area (Å²) in [6.07, 6.45) is 3.53. The highest BCUT2D eigenvalue weighted by molar-refractivity contribution is 7.92. The number of benzene rings is 2. The van der Waals surface area contributed by atoms with Gasteiger partial charge in [0.2, 0.25) is 26.0 Å². The molecule has 1 aliphatic carbocycles. The fourth-order valence-corrected chi connectivity index (χ4v) is 5.59. The fourth-order valence-electron chi connectivity index (χ4n) is 3.83. The molecular formula is C22H29N3O6S2. The molecular weight excluding hydrogens is 466 g/mol. The van der Waals surface area contributed by atoms with Crippen LogP contribution < -0.4 is 14.4 Å². The normalized spacial score (nSPS) is 16.2. The summed E-state index contributed by atoms with van der Waals surface area (Å²) in [5.74, 6) is 0.308. The lowest BCUT2D eigenvalue weighted by atomic mass is 9.87. The Morgan fingerprint density at radius 2 is 1.76 bits per heavy atom. The number of hydrogen-bond acceptors (Lipinski definition) is 6. The van der Waals surface area contributed by atoms with Crippen molar-refractivity contribution in [1.29, 1.82) is 0 Å². The van der Waals surface area contributed by atoms with Crippen LogP contribution in [-0.2, 0) is 31.3 Å². The van der Waals surface area contributed by atoms with E-state index in [1.807, 2.05) is 18.2 Å². The third-order valence-electron chi connectivity index (χ3n) is 5.59. The van der Waals surface area contributed by atoms with Crippen molar-refractivity contribution in [3.8, 4) is 5.75 Å². The van der Waals surface area contributed by atoms with Crippen LogP contribution in [0, 0.1) is 0 Å². The minimum absolute atomic E-state index is 0.0309. The van der Waals surface area contributed by atoms with Crippen molar-refractivity contribution in [3.05, 3.63) is 53.6 Å². The van der Waals surface area contributed by atoms with Crippen LogP contribution in [0.1, 0.15) is 30.0 Å². The molecule has 1 amide bonds. The monoisotopic (exact) mass is 495 g/mol. The number of methoxy groups -OCH3 is 1. The van der Waals surface area contributed by atoms with Gasteiger partial charge in [0.1, 0.15) is 12.3 Å². The van der Waals surface area contributed by atoms with E-state index >= 15 is 0 Å². The van der Waals surface area contributed by atoms with E-state index < -0.39 is 32.5 Å². The summed E-state index contributed by atoms with van der Waals surface area (Å²) in [4.78, 5) is 12.9. The van der Waals surface area contributed by atoms with Gasteiger partial charge < -0.3 is 10.1 Å². The highest BCUT2D eigenvalue weighted by Crippen LogP contribution is 2.32. The maximum Gasteiger partial charge on any atom is 0.242 e. The number of rotatable bonds is 8. The Hall–Kier alpha value is -2.63. The summed E-state index contributed by atoms with van der Waals surface area (Å²) < 4.78 is 56.7. The zero-order chi connectivity index (χ0) is 24.4. The summed E-state index contributed by atoms with van der Waals surface area (Å²) in [5.41, 5.74) is 2.31.